The van der Waals surface area contributed by atoms with Gasteiger partial charge >= 0.3 is 0 Å². The summed E-state index contributed by atoms with van der Waals surface area (Å²) >= 11 is 0. The van der Waals surface area contributed by atoms with Gasteiger partial charge in [0, 0.05) is 12.1 Å². The van der Waals surface area contributed by atoms with E-state index in [9.17, 15) is 10.2 Å². The number of rotatable bonds is 2. The van der Waals surface area contributed by atoms with Crippen molar-refractivity contribution in [3.8, 4) is 11.6 Å². The fourth-order valence-corrected chi connectivity index (χ4v) is 1.47. The van der Waals surface area contributed by atoms with Crippen molar-refractivity contribution in [1.29, 1.82) is 0 Å². The van der Waals surface area contributed by atoms with E-state index in [-0.39, 0.29) is 5.69 Å². The lowest BCUT2D eigenvalue weighted by Gasteiger charge is -2.00. The van der Waals surface area contributed by atoms with Crippen LogP contribution in [0.15, 0.2) is 28.8 Å². The number of hydrogen-bond acceptors (Lipinski definition) is 4. The third-order valence-electron chi connectivity index (χ3n) is 2.32. The number of aromatic nitrogens is 2. The van der Waals surface area contributed by atoms with Gasteiger partial charge in [-0.2, -0.15) is 0 Å². The predicted molar refractivity (Wildman–Crippen MR) is 52.9 cm³/mol. The molecule has 0 amide bonds. The highest BCUT2D eigenvalue weighted by molar-refractivity contribution is 5.27. The van der Waals surface area contributed by atoms with E-state index in [4.69, 9.17) is 0 Å². The highest BCUT2D eigenvalue weighted by Gasteiger charge is 2.24. The first kappa shape index (κ1) is 10.6. The average Bonchev–Trinajstić information content (AvgIpc) is 2.61. The summed E-state index contributed by atoms with van der Waals surface area (Å²) in [5.74, 6) is -0.615. The van der Waals surface area contributed by atoms with Gasteiger partial charge in [-0.25, -0.2) is 0 Å². The molecule has 0 spiro atoms. The molecule has 0 fully saturated rings. The number of hydrogen-bond donors (Lipinski definition) is 1. The molecule has 0 bridgehead atoms. The summed E-state index contributed by atoms with van der Waals surface area (Å²) in [6.45, 7) is 3.46. The summed E-state index contributed by atoms with van der Waals surface area (Å²) in [5.41, 5.74) is 1.92. The minimum Gasteiger partial charge on any atom is -0.539 e. The van der Waals surface area contributed by atoms with E-state index in [1.807, 2.05) is 31.2 Å². The van der Waals surface area contributed by atoms with Crippen LogP contribution in [0, 0.1) is 6.92 Å². The normalized spacial score (nSPS) is 12.7. The molecule has 0 aliphatic heterocycles. The Morgan fingerprint density at radius 2 is 2.00 bits per heavy atom. The summed E-state index contributed by atoms with van der Waals surface area (Å²) in [6.07, 6.45) is -0.917. The Balaban J connectivity index is 2.52. The Hall–Kier alpha value is -1.88. The highest BCUT2D eigenvalue weighted by atomic mass is 16.6. The number of benzene rings is 1. The molecular weight excluding hydrogens is 208 g/mol. The number of aliphatic hydroxyl groups is 1. The maximum atomic E-state index is 11.3. The van der Waals surface area contributed by atoms with Crippen LogP contribution < -0.4 is 9.79 Å². The summed E-state index contributed by atoms with van der Waals surface area (Å²) in [4.78, 5) is 0. The van der Waals surface area contributed by atoms with Crippen molar-refractivity contribution in [3.05, 3.63) is 35.5 Å². The van der Waals surface area contributed by atoms with E-state index < -0.39 is 12.1 Å². The Morgan fingerprint density at radius 1 is 1.38 bits per heavy atom. The Morgan fingerprint density at radius 3 is 2.56 bits per heavy atom. The van der Waals surface area contributed by atoms with Crippen molar-refractivity contribution in [2.75, 3.05) is 0 Å². The van der Waals surface area contributed by atoms with Gasteiger partial charge in [-0.3, -0.25) is 0 Å². The molecule has 1 atom stereocenters. The number of aliphatic hydroxyl groups excluding tert-OH is 1. The molecule has 0 aliphatic carbocycles. The zero-order valence-electron chi connectivity index (χ0n) is 9.04. The van der Waals surface area contributed by atoms with Gasteiger partial charge in [-0.15, -0.1) is 0 Å². The molecule has 1 aromatic heterocycles. The van der Waals surface area contributed by atoms with Gasteiger partial charge in [0.15, 0.2) is 5.95 Å². The molecule has 1 aromatic carbocycles. The first-order chi connectivity index (χ1) is 7.59. The van der Waals surface area contributed by atoms with E-state index in [0.29, 0.717) is 5.69 Å². The summed E-state index contributed by atoms with van der Waals surface area (Å²) in [7, 11) is 0. The molecule has 0 saturated heterocycles. The molecule has 1 N–H and O–H groups in total. The molecule has 1 heterocycles. The maximum Gasteiger partial charge on any atom is 0.268 e. The first-order valence-corrected chi connectivity index (χ1v) is 4.93. The Bertz CT molecular complexity index is 488. The minimum absolute atomic E-state index is 0.129. The average molecular weight is 220 g/mol. The van der Waals surface area contributed by atoms with E-state index in [1.54, 1.807) is 0 Å². The third-order valence-corrected chi connectivity index (χ3v) is 2.32. The summed E-state index contributed by atoms with van der Waals surface area (Å²) in [5, 5.41) is 24.4. The topological polar surface area (TPSA) is 73.2 Å². The van der Waals surface area contributed by atoms with E-state index >= 15 is 0 Å². The van der Waals surface area contributed by atoms with Crippen LogP contribution in [-0.2, 0) is 0 Å². The standard InChI is InChI=1S/C11H12N2O3/c1-7-3-5-9(6-4-7)13-10(8(2)14)11(15)16-12-13/h3-6,8,14H,1-2H3. The maximum absolute atomic E-state index is 11.3. The van der Waals surface area contributed by atoms with Gasteiger partial charge in [-0.1, -0.05) is 17.7 Å². The highest BCUT2D eigenvalue weighted by Crippen LogP contribution is 2.17. The monoisotopic (exact) mass is 220 g/mol. The van der Waals surface area contributed by atoms with Gasteiger partial charge < -0.3 is 14.7 Å². The van der Waals surface area contributed by atoms with Crippen LogP contribution in [0.3, 0.4) is 0 Å². The van der Waals surface area contributed by atoms with Crippen molar-refractivity contribution in [1.82, 2.24) is 5.27 Å². The van der Waals surface area contributed by atoms with Crippen LogP contribution in [0.4, 0.5) is 0 Å². The second kappa shape index (κ2) is 3.94. The van der Waals surface area contributed by atoms with E-state index in [2.05, 4.69) is 9.79 Å². The van der Waals surface area contributed by atoms with Crippen LogP contribution in [0.1, 0.15) is 24.3 Å². The molecule has 2 aromatic rings. The van der Waals surface area contributed by atoms with Crippen LogP contribution in [-0.4, -0.2) is 10.4 Å². The summed E-state index contributed by atoms with van der Waals surface area (Å²) in [6, 6.07) is 7.41. The van der Waals surface area contributed by atoms with Gasteiger partial charge in [0.1, 0.15) is 6.10 Å². The number of aryl methyl sites for hydroxylation is 1. The van der Waals surface area contributed by atoms with E-state index in [1.165, 1.54) is 11.6 Å². The second-order valence-electron chi connectivity index (χ2n) is 3.67. The van der Waals surface area contributed by atoms with Gasteiger partial charge in [0.25, 0.3) is 5.69 Å². The smallest absolute Gasteiger partial charge is 0.268 e. The van der Waals surface area contributed by atoms with Crippen LogP contribution in [0.25, 0.3) is 5.69 Å². The second-order valence-corrected chi connectivity index (χ2v) is 3.67. The van der Waals surface area contributed by atoms with E-state index in [0.717, 1.165) is 5.56 Å². The van der Waals surface area contributed by atoms with Crippen LogP contribution in [0.2, 0.25) is 0 Å². The van der Waals surface area contributed by atoms with Crippen LogP contribution in [0.5, 0.6) is 5.95 Å². The molecule has 84 valence electrons. The Labute approximate surface area is 92.5 Å². The lowest BCUT2D eigenvalue weighted by molar-refractivity contribution is -0.680. The first-order valence-electron chi connectivity index (χ1n) is 4.93. The molecule has 2 rings (SSSR count). The molecule has 5 heteroatoms. The zero-order chi connectivity index (χ0) is 11.7. The van der Waals surface area contributed by atoms with Crippen molar-refractivity contribution in [3.63, 3.8) is 0 Å². The number of nitrogens with zero attached hydrogens (tertiary/aromatic N) is 2. The van der Waals surface area contributed by atoms with Gasteiger partial charge in [0.05, 0.1) is 5.27 Å². The third kappa shape index (κ3) is 1.77. The van der Waals surface area contributed by atoms with Gasteiger partial charge in [0.2, 0.25) is 5.69 Å². The molecule has 0 saturated carbocycles. The van der Waals surface area contributed by atoms with Gasteiger partial charge in [-0.05, 0) is 18.5 Å². The molecule has 16 heavy (non-hydrogen) atoms. The lowest BCUT2D eigenvalue weighted by Crippen LogP contribution is -2.37. The molecule has 0 aliphatic rings. The fraction of sp³-hybridized carbons (Fsp3) is 0.273. The molecular formula is C11H12N2O3. The largest absolute Gasteiger partial charge is 0.539 e. The lowest BCUT2D eigenvalue weighted by atomic mass is 10.2. The van der Waals surface area contributed by atoms with Crippen molar-refractivity contribution < 1.29 is 19.4 Å². The molecule has 1 unspecified atom stereocenters. The quantitative estimate of drug-likeness (QED) is 0.743. The SMILES string of the molecule is Cc1ccc(-[n+]2noc([O-])c2C(C)O)cc1. The molecule has 0 radical (unpaired) electrons. The van der Waals surface area contributed by atoms with Crippen molar-refractivity contribution in [2.45, 2.75) is 20.0 Å². The molecule has 5 nitrogen and oxygen atoms in total. The van der Waals surface area contributed by atoms with Crippen molar-refractivity contribution in [2.24, 2.45) is 0 Å². The zero-order valence-corrected chi connectivity index (χ0v) is 9.04. The fourth-order valence-electron chi connectivity index (χ4n) is 1.47. The van der Waals surface area contributed by atoms with Crippen molar-refractivity contribution >= 4 is 0 Å². The Kier molecular flexibility index (Phi) is 2.62. The summed E-state index contributed by atoms with van der Waals surface area (Å²) < 4.78 is 5.85. The predicted octanol–water partition coefficient (Wildman–Crippen LogP) is 0.387. The minimum atomic E-state index is -0.917. The van der Waals surface area contributed by atoms with Crippen LogP contribution >= 0.6 is 0 Å².